The number of benzene rings is 1. The third kappa shape index (κ3) is 5.95. The second kappa shape index (κ2) is 10.3. The molecule has 0 unspecified atom stereocenters. The van der Waals surface area contributed by atoms with E-state index in [4.69, 9.17) is 4.74 Å². The quantitative estimate of drug-likeness (QED) is 0.595. The summed E-state index contributed by atoms with van der Waals surface area (Å²) in [5, 5.41) is 13.4. The van der Waals surface area contributed by atoms with Crippen molar-refractivity contribution in [3.8, 4) is 5.75 Å². The Bertz CT molecular complexity index is 730. The highest BCUT2D eigenvalue weighted by molar-refractivity contribution is 5.94. The van der Waals surface area contributed by atoms with E-state index in [1.165, 1.54) is 0 Å². The molecule has 0 atom stereocenters. The number of aromatic amines is 1. The number of nitrogens with zero attached hydrogens (tertiary/aromatic N) is 2. The molecule has 7 nitrogen and oxygen atoms in total. The highest BCUT2D eigenvalue weighted by Gasteiger charge is 2.21. The lowest BCUT2D eigenvalue weighted by Crippen LogP contribution is -2.28. The largest absolute Gasteiger partial charge is 0.494 e. The average molecular weight is 394 g/mol. The molecule has 0 saturated carbocycles. The maximum absolute atomic E-state index is 12.4. The highest BCUT2D eigenvalue weighted by atomic mass is 35.5. The lowest BCUT2D eigenvalue weighted by Gasteiger charge is -2.13. The van der Waals surface area contributed by atoms with Gasteiger partial charge in [0.1, 0.15) is 5.75 Å². The first kappa shape index (κ1) is 21.2. The summed E-state index contributed by atoms with van der Waals surface area (Å²) in [6, 6.07) is 7.83. The molecule has 0 spiro atoms. The van der Waals surface area contributed by atoms with Crippen LogP contribution < -0.4 is 15.4 Å². The van der Waals surface area contributed by atoms with Gasteiger partial charge in [-0.15, -0.1) is 12.4 Å². The van der Waals surface area contributed by atoms with Crippen molar-refractivity contribution in [3.05, 3.63) is 46.8 Å². The van der Waals surface area contributed by atoms with Crippen molar-refractivity contribution >= 4 is 18.3 Å². The van der Waals surface area contributed by atoms with Crippen LogP contribution in [0.25, 0.3) is 0 Å². The summed E-state index contributed by atoms with van der Waals surface area (Å²) in [5.41, 5.74) is 3.56. The second-order valence-electron chi connectivity index (χ2n) is 6.79. The standard InChI is InChI=1S/C19H27N5O2.ClH/c1-24(2)10-3-11-26-15-6-4-14(5-7-15)12-21-19(25)18-16-13-20-9-8-17(16)22-23-18;/h4-7,20H,3,8-13H2,1-2H3,(H,21,25)(H,22,23);1H. The molecule has 3 rings (SSSR count). The van der Waals surface area contributed by atoms with E-state index in [1.54, 1.807) is 0 Å². The Kier molecular flexibility index (Phi) is 8.09. The number of H-pyrrole nitrogens is 1. The third-order valence-corrected chi connectivity index (χ3v) is 4.42. The Morgan fingerprint density at radius 2 is 2.07 bits per heavy atom. The zero-order valence-corrected chi connectivity index (χ0v) is 16.7. The molecule has 2 heterocycles. The molecule has 3 N–H and O–H groups in total. The summed E-state index contributed by atoms with van der Waals surface area (Å²) in [5.74, 6) is 0.710. The van der Waals surface area contributed by atoms with Gasteiger partial charge >= 0.3 is 0 Å². The molecule has 0 radical (unpaired) electrons. The Morgan fingerprint density at radius 3 is 2.81 bits per heavy atom. The van der Waals surface area contributed by atoms with Crippen LogP contribution in [-0.2, 0) is 19.5 Å². The minimum Gasteiger partial charge on any atom is -0.494 e. The molecule has 1 aliphatic rings. The lowest BCUT2D eigenvalue weighted by atomic mass is 10.1. The highest BCUT2D eigenvalue weighted by Crippen LogP contribution is 2.16. The van der Waals surface area contributed by atoms with Gasteiger partial charge in [-0.1, -0.05) is 12.1 Å². The van der Waals surface area contributed by atoms with Gasteiger partial charge in [-0.25, -0.2) is 0 Å². The summed E-state index contributed by atoms with van der Waals surface area (Å²) >= 11 is 0. The monoisotopic (exact) mass is 393 g/mol. The van der Waals surface area contributed by atoms with Crippen molar-refractivity contribution in [2.75, 3.05) is 33.8 Å². The van der Waals surface area contributed by atoms with Crippen molar-refractivity contribution in [1.29, 1.82) is 0 Å². The lowest BCUT2D eigenvalue weighted by molar-refractivity contribution is 0.0944. The summed E-state index contributed by atoms with van der Waals surface area (Å²) < 4.78 is 5.72. The van der Waals surface area contributed by atoms with E-state index in [0.717, 1.165) is 48.5 Å². The molecule has 1 aromatic heterocycles. The minimum atomic E-state index is -0.143. The summed E-state index contributed by atoms with van der Waals surface area (Å²) in [6.07, 6.45) is 1.87. The number of aromatic nitrogens is 2. The summed E-state index contributed by atoms with van der Waals surface area (Å²) in [4.78, 5) is 14.5. The fourth-order valence-electron chi connectivity index (χ4n) is 2.95. The second-order valence-corrected chi connectivity index (χ2v) is 6.79. The van der Waals surface area contributed by atoms with Crippen LogP contribution in [0, 0.1) is 0 Å². The molecule has 1 aliphatic heterocycles. The SMILES string of the molecule is CN(C)CCCOc1ccc(CNC(=O)c2n[nH]c3c2CNCC3)cc1.Cl. The van der Waals surface area contributed by atoms with Gasteiger partial charge in [0, 0.05) is 43.9 Å². The maximum atomic E-state index is 12.4. The van der Waals surface area contributed by atoms with Crippen molar-refractivity contribution < 1.29 is 9.53 Å². The van der Waals surface area contributed by atoms with Crippen LogP contribution in [0.3, 0.4) is 0 Å². The smallest absolute Gasteiger partial charge is 0.272 e. The molecule has 0 fully saturated rings. The van der Waals surface area contributed by atoms with Gasteiger partial charge in [-0.3, -0.25) is 9.89 Å². The van der Waals surface area contributed by atoms with Crippen LogP contribution in [0.15, 0.2) is 24.3 Å². The molecule has 8 heteroatoms. The number of rotatable bonds is 8. The summed E-state index contributed by atoms with van der Waals surface area (Å²) in [6.45, 7) is 3.78. The molecule has 1 amide bonds. The van der Waals surface area contributed by atoms with Crippen molar-refractivity contribution in [3.63, 3.8) is 0 Å². The summed E-state index contributed by atoms with van der Waals surface area (Å²) in [7, 11) is 4.11. The molecule has 2 aromatic rings. The van der Waals surface area contributed by atoms with E-state index in [2.05, 4.69) is 39.8 Å². The number of carbonyl (C=O) groups excluding carboxylic acids is 1. The van der Waals surface area contributed by atoms with Crippen molar-refractivity contribution in [2.24, 2.45) is 0 Å². The number of hydrogen-bond donors (Lipinski definition) is 3. The molecule has 0 saturated heterocycles. The van der Waals surface area contributed by atoms with Gasteiger partial charge in [-0.05, 0) is 38.2 Å². The van der Waals surface area contributed by atoms with Crippen LogP contribution in [0.2, 0.25) is 0 Å². The van der Waals surface area contributed by atoms with Crippen LogP contribution >= 0.6 is 12.4 Å². The van der Waals surface area contributed by atoms with Gasteiger partial charge in [-0.2, -0.15) is 5.10 Å². The predicted octanol–water partition coefficient (Wildman–Crippen LogP) is 1.74. The normalized spacial score (nSPS) is 13.0. The fourth-order valence-corrected chi connectivity index (χ4v) is 2.95. The Morgan fingerprint density at radius 1 is 1.30 bits per heavy atom. The van der Waals surface area contributed by atoms with Crippen LogP contribution in [0.4, 0.5) is 0 Å². The van der Waals surface area contributed by atoms with Gasteiger partial charge < -0.3 is 20.3 Å². The minimum absolute atomic E-state index is 0. The first-order valence-electron chi connectivity index (χ1n) is 9.05. The van der Waals surface area contributed by atoms with E-state index in [1.807, 2.05) is 24.3 Å². The average Bonchev–Trinajstić information content (AvgIpc) is 3.08. The van der Waals surface area contributed by atoms with E-state index >= 15 is 0 Å². The number of fused-ring (bicyclic) bond motifs is 1. The Balaban J connectivity index is 0.00000261. The molecule has 0 bridgehead atoms. The first-order valence-corrected chi connectivity index (χ1v) is 9.05. The number of carbonyl (C=O) groups is 1. The van der Waals surface area contributed by atoms with E-state index < -0.39 is 0 Å². The van der Waals surface area contributed by atoms with Crippen molar-refractivity contribution in [1.82, 2.24) is 25.7 Å². The molecule has 0 aliphatic carbocycles. The molecular weight excluding hydrogens is 366 g/mol. The molecule has 27 heavy (non-hydrogen) atoms. The van der Waals surface area contributed by atoms with Gasteiger partial charge in [0.15, 0.2) is 5.69 Å². The van der Waals surface area contributed by atoms with E-state index in [0.29, 0.717) is 25.4 Å². The van der Waals surface area contributed by atoms with Gasteiger partial charge in [0.05, 0.1) is 6.61 Å². The molecule has 1 aromatic carbocycles. The van der Waals surface area contributed by atoms with Gasteiger partial charge in [0.25, 0.3) is 5.91 Å². The topological polar surface area (TPSA) is 82.3 Å². The van der Waals surface area contributed by atoms with Crippen LogP contribution in [0.1, 0.15) is 33.7 Å². The van der Waals surface area contributed by atoms with E-state index in [9.17, 15) is 4.79 Å². The van der Waals surface area contributed by atoms with Crippen LogP contribution in [0.5, 0.6) is 5.75 Å². The zero-order chi connectivity index (χ0) is 18.4. The maximum Gasteiger partial charge on any atom is 0.272 e. The third-order valence-electron chi connectivity index (χ3n) is 4.42. The first-order chi connectivity index (χ1) is 12.6. The number of amides is 1. The fraction of sp³-hybridized carbons (Fsp3) is 0.474. The Hall–Kier alpha value is -2.09. The number of ether oxygens (including phenoxy) is 1. The number of nitrogens with one attached hydrogen (secondary N) is 3. The number of hydrogen-bond acceptors (Lipinski definition) is 5. The van der Waals surface area contributed by atoms with E-state index in [-0.39, 0.29) is 18.3 Å². The molecular formula is C19H28ClN5O2. The van der Waals surface area contributed by atoms with Crippen LogP contribution in [-0.4, -0.2) is 54.8 Å². The zero-order valence-electron chi connectivity index (χ0n) is 15.9. The molecule has 148 valence electrons. The number of halogens is 1. The Labute approximate surface area is 166 Å². The predicted molar refractivity (Wildman–Crippen MR) is 108 cm³/mol. The van der Waals surface area contributed by atoms with Gasteiger partial charge in [0.2, 0.25) is 0 Å². The van der Waals surface area contributed by atoms with Crippen molar-refractivity contribution in [2.45, 2.75) is 25.9 Å².